The molecule has 1 saturated carbocycles. The Hall–Kier alpha value is -1.45. The maximum atomic E-state index is 4.39. The minimum Gasteiger partial charge on any atom is -0.339 e. The van der Waals surface area contributed by atoms with Crippen LogP contribution in [0.15, 0.2) is 12.5 Å². The molecule has 0 spiro atoms. The maximum absolute atomic E-state index is 4.39. The molecule has 1 N–H and O–H groups in total. The molecular formula is C9H10N4. The number of nitrogens with one attached hydrogen (secondary N) is 1. The van der Waals surface area contributed by atoms with E-state index in [1.54, 1.807) is 6.20 Å². The maximum Gasteiger partial charge on any atom is 0.180 e. The molecule has 0 bridgehead atoms. The summed E-state index contributed by atoms with van der Waals surface area (Å²) in [5.74, 6) is 1.91. The Labute approximate surface area is 75.4 Å². The highest BCUT2D eigenvalue weighted by molar-refractivity contribution is 5.68. The van der Waals surface area contributed by atoms with Crippen LogP contribution in [0.1, 0.15) is 18.7 Å². The van der Waals surface area contributed by atoms with Crippen molar-refractivity contribution in [1.82, 2.24) is 19.9 Å². The molecule has 13 heavy (non-hydrogen) atoms. The number of nitrogens with zero attached hydrogens (tertiary/aromatic N) is 3. The first-order valence-corrected chi connectivity index (χ1v) is 4.56. The smallest absolute Gasteiger partial charge is 0.180 e. The summed E-state index contributed by atoms with van der Waals surface area (Å²) in [5.41, 5.74) is 1.73. The molecule has 1 aliphatic rings. The lowest BCUT2D eigenvalue weighted by Crippen LogP contribution is -1.88. The number of aromatic nitrogens is 4. The predicted octanol–water partition coefficient (Wildman–Crippen LogP) is 1.31. The summed E-state index contributed by atoms with van der Waals surface area (Å²) in [6, 6.07) is 0. The predicted molar refractivity (Wildman–Crippen MR) is 48.1 cm³/mol. The molecule has 66 valence electrons. The second kappa shape index (κ2) is 2.52. The van der Waals surface area contributed by atoms with Gasteiger partial charge in [-0.1, -0.05) is 0 Å². The molecular weight excluding hydrogens is 164 g/mol. The van der Waals surface area contributed by atoms with Crippen LogP contribution < -0.4 is 0 Å². The normalized spacial score (nSPS) is 16.6. The van der Waals surface area contributed by atoms with E-state index in [4.69, 9.17) is 0 Å². The fraction of sp³-hybridized carbons (Fsp3) is 0.444. The summed E-state index contributed by atoms with van der Waals surface area (Å²) < 4.78 is 0. The zero-order valence-electron chi connectivity index (χ0n) is 7.20. The minimum absolute atomic E-state index is 0.783. The zero-order chi connectivity index (χ0) is 8.67. The van der Waals surface area contributed by atoms with Crippen LogP contribution in [0.25, 0.3) is 11.2 Å². The Kier molecular flexibility index (Phi) is 1.36. The fourth-order valence-electron chi connectivity index (χ4n) is 1.50. The van der Waals surface area contributed by atoms with Crippen LogP contribution in [0.4, 0.5) is 0 Å². The van der Waals surface area contributed by atoms with E-state index in [1.807, 2.05) is 0 Å². The van der Waals surface area contributed by atoms with Gasteiger partial charge < -0.3 is 4.98 Å². The van der Waals surface area contributed by atoms with Crippen molar-refractivity contribution < 1.29 is 0 Å². The number of rotatable bonds is 2. The SMILES string of the molecule is c1ncc2[nH]c(CC3CC3)nc2n1. The van der Waals surface area contributed by atoms with Gasteiger partial charge in [-0.05, 0) is 18.8 Å². The standard InChI is InChI=1S/C9H10N4/c1-2-6(1)3-8-12-7-4-10-5-11-9(7)13-8/h4-6H,1-3H2,(H,10,11,12,13). The summed E-state index contributed by atoms with van der Waals surface area (Å²) in [7, 11) is 0. The third-order valence-electron chi connectivity index (χ3n) is 2.39. The molecule has 2 heterocycles. The highest BCUT2D eigenvalue weighted by Gasteiger charge is 2.22. The van der Waals surface area contributed by atoms with Crippen molar-refractivity contribution in [3.63, 3.8) is 0 Å². The Morgan fingerprint density at radius 2 is 2.38 bits per heavy atom. The van der Waals surface area contributed by atoms with Crippen molar-refractivity contribution in [2.75, 3.05) is 0 Å². The summed E-state index contributed by atoms with van der Waals surface area (Å²) in [6.07, 6.45) is 7.07. The molecule has 0 amide bonds. The first kappa shape index (κ1) is 7.00. The molecule has 2 aromatic heterocycles. The van der Waals surface area contributed by atoms with E-state index in [2.05, 4.69) is 19.9 Å². The van der Waals surface area contributed by atoms with Crippen LogP contribution in [-0.4, -0.2) is 19.9 Å². The molecule has 2 aromatic rings. The highest BCUT2D eigenvalue weighted by atomic mass is 15.0. The Balaban J connectivity index is 2.00. The number of hydrogen-bond acceptors (Lipinski definition) is 3. The van der Waals surface area contributed by atoms with Gasteiger partial charge in [0.15, 0.2) is 5.65 Å². The van der Waals surface area contributed by atoms with Gasteiger partial charge in [0.25, 0.3) is 0 Å². The van der Waals surface area contributed by atoms with Gasteiger partial charge in [0.2, 0.25) is 0 Å². The van der Waals surface area contributed by atoms with Crippen LogP contribution in [0.2, 0.25) is 0 Å². The molecule has 0 aliphatic heterocycles. The molecule has 1 fully saturated rings. The van der Waals surface area contributed by atoms with Crippen molar-refractivity contribution in [2.24, 2.45) is 5.92 Å². The van der Waals surface area contributed by atoms with Crippen LogP contribution in [0.3, 0.4) is 0 Å². The summed E-state index contributed by atoms with van der Waals surface area (Å²) in [4.78, 5) is 15.6. The van der Waals surface area contributed by atoms with Crippen molar-refractivity contribution in [1.29, 1.82) is 0 Å². The van der Waals surface area contributed by atoms with E-state index >= 15 is 0 Å². The largest absolute Gasteiger partial charge is 0.339 e. The average molecular weight is 174 g/mol. The summed E-state index contributed by atoms with van der Waals surface area (Å²) in [5, 5.41) is 0. The molecule has 0 atom stereocenters. The Morgan fingerprint density at radius 1 is 1.46 bits per heavy atom. The quantitative estimate of drug-likeness (QED) is 0.746. The molecule has 0 unspecified atom stereocenters. The van der Waals surface area contributed by atoms with E-state index in [0.717, 1.165) is 29.3 Å². The van der Waals surface area contributed by atoms with E-state index in [0.29, 0.717) is 0 Å². The van der Waals surface area contributed by atoms with Gasteiger partial charge in [-0.3, -0.25) is 0 Å². The number of aromatic amines is 1. The molecule has 0 saturated heterocycles. The lowest BCUT2D eigenvalue weighted by Gasteiger charge is -1.88. The zero-order valence-corrected chi connectivity index (χ0v) is 7.20. The minimum atomic E-state index is 0.783. The van der Waals surface area contributed by atoms with Crippen molar-refractivity contribution in [3.8, 4) is 0 Å². The molecule has 4 heteroatoms. The molecule has 0 radical (unpaired) electrons. The summed E-state index contributed by atoms with van der Waals surface area (Å²) >= 11 is 0. The first-order chi connectivity index (χ1) is 6.42. The second-order valence-electron chi connectivity index (χ2n) is 3.59. The van der Waals surface area contributed by atoms with Crippen molar-refractivity contribution >= 4 is 11.2 Å². The van der Waals surface area contributed by atoms with Crippen LogP contribution in [0.5, 0.6) is 0 Å². The number of fused-ring (bicyclic) bond motifs is 1. The van der Waals surface area contributed by atoms with E-state index in [-0.39, 0.29) is 0 Å². The first-order valence-electron chi connectivity index (χ1n) is 4.56. The third kappa shape index (κ3) is 1.28. The highest BCUT2D eigenvalue weighted by Crippen LogP contribution is 2.31. The van der Waals surface area contributed by atoms with Crippen LogP contribution in [0, 0.1) is 5.92 Å². The molecule has 4 nitrogen and oxygen atoms in total. The number of imidazole rings is 1. The fourth-order valence-corrected chi connectivity index (χ4v) is 1.50. The summed E-state index contributed by atoms with van der Waals surface area (Å²) in [6.45, 7) is 0. The van der Waals surface area contributed by atoms with Gasteiger partial charge in [-0.15, -0.1) is 0 Å². The van der Waals surface area contributed by atoms with Gasteiger partial charge in [0.05, 0.1) is 6.20 Å². The van der Waals surface area contributed by atoms with Crippen molar-refractivity contribution in [3.05, 3.63) is 18.3 Å². The third-order valence-corrected chi connectivity index (χ3v) is 2.39. The lowest BCUT2D eigenvalue weighted by molar-refractivity contribution is 0.787. The van der Waals surface area contributed by atoms with Crippen LogP contribution in [-0.2, 0) is 6.42 Å². The van der Waals surface area contributed by atoms with E-state index in [1.165, 1.54) is 19.2 Å². The number of hydrogen-bond donors (Lipinski definition) is 1. The Morgan fingerprint density at radius 3 is 3.15 bits per heavy atom. The van der Waals surface area contributed by atoms with Gasteiger partial charge in [0.1, 0.15) is 17.7 Å². The Bertz CT molecular complexity index is 397. The number of H-pyrrole nitrogens is 1. The molecule has 1 aliphatic carbocycles. The van der Waals surface area contributed by atoms with Crippen LogP contribution >= 0.6 is 0 Å². The van der Waals surface area contributed by atoms with Crippen molar-refractivity contribution in [2.45, 2.75) is 19.3 Å². The van der Waals surface area contributed by atoms with Gasteiger partial charge in [0, 0.05) is 6.42 Å². The monoisotopic (exact) mass is 174 g/mol. The molecule has 0 aromatic carbocycles. The second-order valence-corrected chi connectivity index (χ2v) is 3.59. The topological polar surface area (TPSA) is 54.5 Å². The van der Waals surface area contributed by atoms with Gasteiger partial charge >= 0.3 is 0 Å². The van der Waals surface area contributed by atoms with Gasteiger partial charge in [-0.2, -0.15) is 0 Å². The van der Waals surface area contributed by atoms with Gasteiger partial charge in [-0.25, -0.2) is 15.0 Å². The average Bonchev–Trinajstić information content (AvgIpc) is 2.85. The van der Waals surface area contributed by atoms with E-state index < -0.39 is 0 Å². The van der Waals surface area contributed by atoms with E-state index in [9.17, 15) is 0 Å². The molecule has 3 rings (SSSR count). The lowest BCUT2D eigenvalue weighted by atomic mass is 10.3.